The number of nitriles is 1. The number of nitrogens with one attached hydrogen (secondary N) is 1. The molecule has 0 unspecified atom stereocenters. The molecule has 7 heteroatoms. The van der Waals surface area contributed by atoms with Crippen molar-refractivity contribution < 1.29 is 14.3 Å². The number of halogens is 2. The van der Waals surface area contributed by atoms with Crippen LogP contribution in [0.15, 0.2) is 36.4 Å². The number of carbonyl (C=O) groups is 2. The fourth-order valence-corrected chi connectivity index (χ4v) is 2.29. The van der Waals surface area contributed by atoms with Gasteiger partial charge in [-0.15, -0.1) is 0 Å². The van der Waals surface area contributed by atoms with Crippen LogP contribution in [-0.4, -0.2) is 18.3 Å². The molecule has 122 valence electrons. The minimum Gasteiger partial charge on any atom is -0.483 e. The lowest BCUT2D eigenvalue weighted by molar-refractivity contribution is -0.118. The topological polar surface area (TPSA) is 79.2 Å². The smallest absolute Gasteiger partial charge is 0.262 e. The number of nitrogens with zero attached hydrogens (tertiary/aromatic N) is 1. The highest BCUT2D eigenvalue weighted by Gasteiger charge is 2.12. The van der Waals surface area contributed by atoms with Crippen molar-refractivity contribution in [3.63, 3.8) is 0 Å². The third-order valence-corrected chi connectivity index (χ3v) is 3.53. The Morgan fingerprint density at radius 1 is 1.17 bits per heavy atom. The zero-order chi connectivity index (χ0) is 17.7. The van der Waals surface area contributed by atoms with Crippen LogP contribution in [0.1, 0.15) is 22.8 Å². The summed E-state index contributed by atoms with van der Waals surface area (Å²) in [6.45, 7) is 1.04. The number of anilines is 1. The predicted molar refractivity (Wildman–Crippen MR) is 91.7 cm³/mol. The molecule has 0 atom stereocenters. The molecular weight excluding hydrogens is 351 g/mol. The summed E-state index contributed by atoms with van der Waals surface area (Å²) >= 11 is 11.7. The second kappa shape index (κ2) is 7.82. The molecule has 0 heterocycles. The normalized spacial score (nSPS) is 9.92. The highest BCUT2D eigenvalue weighted by atomic mass is 35.5. The Kier molecular flexibility index (Phi) is 5.80. The summed E-state index contributed by atoms with van der Waals surface area (Å²) in [7, 11) is 0. The highest BCUT2D eigenvalue weighted by Crippen LogP contribution is 2.24. The molecule has 24 heavy (non-hydrogen) atoms. The molecule has 0 radical (unpaired) electrons. The molecule has 5 nitrogen and oxygen atoms in total. The van der Waals surface area contributed by atoms with Crippen LogP contribution >= 0.6 is 23.2 Å². The maximum atomic E-state index is 12.0. The van der Waals surface area contributed by atoms with Crippen LogP contribution in [0, 0.1) is 11.3 Å². The van der Waals surface area contributed by atoms with Crippen LogP contribution in [0.3, 0.4) is 0 Å². The highest BCUT2D eigenvalue weighted by molar-refractivity contribution is 6.31. The molecule has 0 fully saturated rings. The van der Waals surface area contributed by atoms with E-state index in [0.29, 0.717) is 15.7 Å². The Balaban J connectivity index is 2.09. The number of ether oxygens (including phenoxy) is 1. The van der Waals surface area contributed by atoms with E-state index >= 15 is 0 Å². The summed E-state index contributed by atoms with van der Waals surface area (Å²) in [4.78, 5) is 23.6. The van der Waals surface area contributed by atoms with Gasteiger partial charge < -0.3 is 10.1 Å². The maximum Gasteiger partial charge on any atom is 0.262 e. The van der Waals surface area contributed by atoms with Crippen molar-refractivity contribution in [1.82, 2.24) is 0 Å². The summed E-state index contributed by atoms with van der Waals surface area (Å²) < 4.78 is 5.38. The van der Waals surface area contributed by atoms with Crippen molar-refractivity contribution in [3.8, 4) is 11.8 Å². The summed E-state index contributed by atoms with van der Waals surface area (Å²) in [5.41, 5.74) is 0.862. The quantitative estimate of drug-likeness (QED) is 0.812. The minimum atomic E-state index is -0.488. The van der Waals surface area contributed by atoms with E-state index in [2.05, 4.69) is 5.32 Å². The standard InChI is InChI=1S/C17H12Cl2N2O3/c1-10(22)14-6-12(18)4-5-16(14)24-9-17(23)21-15-7-13(19)3-2-11(15)8-20/h2-7H,9H2,1H3,(H,21,23). The largest absolute Gasteiger partial charge is 0.483 e. The minimum absolute atomic E-state index is 0.227. The van der Waals surface area contributed by atoms with Crippen LogP contribution in [-0.2, 0) is 4.79 Å². The second-order valence-corrected chi connectivity index (χ2v) is 5.71. The van der Waals surface area contributed by atoms with Gasteiger partial charge in [-0.05, 0) is 43.3 Å². The third kappa shape index (κ3) is 4.48. The van der Waals surface area contributed by atoms with E-state index in [0.717, 1.165) is 0 Å². The first-order valence-corrected chi connectivity index (χ1v) is 7.59. The number of carbonyl (C=O) groups excluding carboxylic acids is 2. The Hall–Kier alpha value is -2.55. The molecule has 2 aromatic rings. The fourth-order valence-electron chi connectivity index (χ4n) is 1.95. The Bertz CT molecular complexity index is 844. The lowest BCUT2D eigenvalue weighted by Gasteiger charge is -2.11. The third-order valence-electron chi connectivity index (χ3n) is 3.06. The number of ketones is 1. The summed E-state index contributed by atoms with van der Waals surface area (Å²) in [6.07, 6.45) is 0. The molecule has 0 saturated heterocycles. The summed E-state index contributed by atoms with van der Waals surface area (Å²) in [5.74, 6) is -0.457. The molecule has 0 aromatic heterocycles. The van der Waals surface area contributed by atoms with Gasteiger partial charge in [-0.25, -0.2) is 0 Å². The molecule has 0 spiro atoms. The van der Waals surface area contributed by atoms with Crippen LogP contribution in [0.5, 0.6) is 5.75 Å². The predicted octanol–water partition coefficient (Wildman–Crippen LogP) is 4.09. The number of Topliss-reactive ketones (excluding diaryl/α,β-unsaturated/α-hetero) is 1. The van der Waals surface area contributed by atoms with Gasteiger partial charge in [0.25, 0.3) is 5.91 Å². The summed E-state index contributed by atoms with van der Waals surface area (Å²) in [6, 6.07) is 11.0. The fraction of sp³-hybridized carbons (Fsp3) is 0.118. The van der Waals surface area contributed by atoms with Gasteiger partial charge in [0.05, 0.1) is 16.8 Å². The van der Waals surface area contributed by atoms with Gasteiger partial charge in [-0.1, -0.05) is 23.2 Å². The van der Waals surface area contributed by atoms with Crippen molar-refractivity contribution in [1.29, 1.82) is 5.26 Å². The van der Waals surface area contributed by atoms with Gasteiger partial charge in [0, 0.05) is 10.0 Å². The van der Waals surface area contributed by atoms with Crippen molar-refractivity contribution >= 4 is 40.6 Å². The molecule has 0 bridgehead atoms. The molecule has 0 aliphatic rings. The monoisotopic (exact) mass is 362 g/mol. The lowest BCUT2D eigenvalue weighted by Crippen LogP contribution is -2.21. The van der Waals surface area contributed by atoms with Gasteiger partial charge >= 0.3 is 0 Å². The zero-order valence-corrected chi connectivity index (χ0v) is 14.1. The molecule has 0 aliphatic heterocycles. The molecule has 0 aliphatic carbocycles. The van der Waals surface area contributed by atoms with E-state index in [-0.39, 0.29) is 29.3 Å². The number of hydrogen-bond acceptors (Lipinski definition) is 4. The van der Waals surface area contributed by atoms with E-state index in [1.165, 1.54) is 31.2 Å². The first-order chi connectivity index (χ1) is 11.4. The average Bonchev–Trinajstić information content (AvgIpc) is 2.53. The van der Waals surface area contributed by atoms with Gasteiger partial charge in [-0.3, -0.25) is 9.59 Å². The lowest BCUT2D eigenvalue weighted by atomic mass is 10.1. The second-order valence-electron chi connectivity index (χ2n) is 4.84. The molecule has 0 saturated carbocycles. The van der Waals surface area contributed by atoms with Gasteiger partial charge in [0.15, 0.2) is 12.4 Å². The van der Waals surface area contributed by atoms with Gasteiger partial charge in [0.1, 0.15) is 11.8 Å². The molecule has 2 aromatic carbocycles. The molecule has 1 N–H and O–H groups in total. The molecule has 2 rings (SSSR count). The van der Waals surface area contributed by atoms with E-state index in [1.54, 1.807) is 12.1 Å². The van der Waals surface area contributed by atoms with E-state index in [1.807, 2.05) is 6.07 Å². The Morgan fingerprint density at radius 3 is 2.50 bits per heavy atom. The van der Waals surface area contributed by atoms with E-state index < -0.39 is 5.91 Å². The number of hydrogen-bond donors (Lipinski definition) is 1. The van der Waals surface area contributed by atoms with E-state index in [9.17, 15) is 9.59 Å². The van der Waals surface area contributed by atoms with Crippen molar-refractivity contribution in [2.45, 2.75) is 6.92 Å². The number of benzene rings is 2. The first-order valence-electron chi connectivity index (χ1n) is 6.83. The summed E-state index contributed by atoms with van der Waals surface area (Å²) in [5, 5.41) is 12.4. The average molecular weight is 363 g/mol. The van der Waals surface area contributed by atoms with Crippen molar-refractivity contribution in [2.24, 2.45) is 0 Å². The van der Waals surface area contributed by atoms with E-state index in [4.69, 9.17) is 33.2 Å². The number of amides is 1. The number of rotatable bonds is 5. The van der Waals surface area contributed by atoms with Crippen LogP contribution in [0.25, 0.3) is 0 Å². The first kappa shape index (κ1) is 17.8. The zero-order valence-electron chi connectivity index (χ0n) is 12.6. The van der Waals surface area contributed by atoms with Crippen LogP contribution in [0.4, 0.5) is 5.69 Å². The van der Waals surface area contributed by atoms with Gasteiger partial charge in [-0.2, -0.15) is 5.26 Å². The van der Waals surface area contributed by atoms with Crippen LogP contribution < -0.4 is 10.1 Å². The Morgan fingerprint density at radius 2 is 1.83 bits per heavy atom. The van der Waals surface area contributed by atoms with Crippen molar-refractivity contribution in [2.75, 3.05) is 11.9 Å². The molecule has 1 amide bonds. The molecular formula is C17H12Cl2N2O3. The Labute approximate surface area is 148 Å². The van der Waals surface area contributed by atoms with Gasteiger partial charge in [0.2, 0.25) is 0 Å². The SMILES string of the molecule is CC(=O)c1cc(Cl)ccc1OCC(=O)Nc1cc(Cl)ccc1C#N. The van der Waals surface area contributed by atoms with Crippen LogP contribution in [0.2, 0.25) is 10.0 Å². The maximum absolute atomic E-state index is 12.0. The van der Waals surface area contributed by atoms with Crippen molar-refractivity contribution in [3.05, 3.63) is 57.6 Å².